The molecule has 0 aromatic carbocycles. The van der Waals surface area contributed by atoms with Crippen LogP contribution in [0.4, 0.5) is 0 Å². The number of ether oxygens (including phenoxy) is 1. The van der Waals surface area contributed by atoms with Gasteiger partial charge in [0.05, 0.1) is 0 Å². The molecule has 0 radical (unpaired) electrons. The third-order valence-corrected chi connectivity index (χ3v) is 2.18. The van der Waals surface area contributed by atoms with Crippen molar-refractivity contribution in [2.45, 2.75) is 51.2 Å². The molecule has 0 aliphatic heterocycles. The minimum Gasteiger partial charge on any atom is -0.460 e. The van der Waals surface area contributed by atoms with Crippen LogP contribution in [0.3, 0.4) is 0 Å². The van der Waals surface area contributed by atoms with Gasteiger partial charge in [-0.15, -0.1) is 0 Å². The number of esters is 1. The lowest BCUT2D eigenvalue weighted by Crippen LogP contribution is -2.27. The Labute approximate surface area is 72.7 Å². The Morgan fingerprint density at radius 2 is 2.00 bits per heavy atom. The molecule has 0 amide bonds. The zero-order valence-corrected chi connectivity index (χ0v) is 7.45. The Bertz CT molecular complexity index is 148. The second-order valence-electron chi connectivity index (χ2n) is 3.37. The van der Waals surface area contributed by atoms with Gasteiger partial charge in [0.15, 0.2) is 0 Å². The van der Waals surface area contributed by atoms with Crippen LogP contribution in [-0.2, 0) is 9.53 Å². The lowest BCUT2D eigenvalue weighted by atomic mass is 9.98. The van der Waals surface area contributed by atoms with E-state index in [1.165, 1.54) is 13.3 Å². The molecule has 3 heteroatoms. The molecule has 1 saturated carbocycles. The van der Waals surface area contributed by atoms with E-state index in [4.69, 9.17) is 9.84 Å². The van der Waals surface area contributed by atoms with Crippen LogP contribution >= 0.6 is 0 Å². The summed E-state index contributed by atoms with van der Waals surface area (Å²) in [6.45, 7) is 1.44. The largest absolute Gasteiger partial charge is 0.460 e. The van der Waals surface area contributed by atoms with Gasteiger partial charge in [-0.3, -0.25) is 0 Å². The highest BCUT2D eigenvalue weighted by Crippen LogP contribution is 2.20. The third-order valence-electron chi connectivity index (χ3n) is 2.18. The number of hydrogen-bond acceptors (Lipinski definition) is 3. The van der Waals surface area contributed by atoms with Crippen LogP contribution in [-0.4, -0.2) is 23.3 Å². The first kappa shape index (κ1) is 9.52. The molecule has 1 rings (SSSR count). The van der Waals surface area contributed by atoms with E-state index in [2.05, 4.69) is 0 Å². The van der Waals surface area contributed by atoms with Gasteiger partial charge in [-0.2, -0.15) is 0 Å². The normalized spacial score (nSPS) is 21.8. The molecule has 0 saturated heterocycles. The average Bonchev–Trinajstić information content (AvgIpc) is 2.06. The zero-order chi connectivity index (χ0) is 8.97. The van der Waals surface area contributed by atoms with E-state index in [9.17, 15) is 4.79 Å². The summed E-state index contributed by atoms with van der Waals surface area (Å²) in [5.74, 6) is -0.484. The quantitative estimate of drug-likeness (QED) is 0.637. The fourth-order valence-corrected chi connectivity index (χ4v) is 1.45. The summed E-state index contributed by atoms with van der Waals surface area (Å²) >= 11 is 0. The first-order valence-electron chi connectivity index (χ1n) is 4.58. The van der Waals surface area contributed by atoms with Crippen molar-refractivity contribution in [3.05, 3.63) is 0 Å². The number of aliphatic hydroxyl groups is 1. The van der Waals surface area contributed by atoms with Crippen LogP contribution in [0.15, 0.2) is 0 Å². The van der Waals surface area contributed by atoms with Gasteiger partial charge in [-0.25, -0.2) is 4.79 Å². The summed E-state index contributed by atoms with van der Waals surface area (Å²) < 4.78 is 5.06. The minimum atomic E-state index is -0.980. The fourth-order valence-electron chi connectivity index (χ4n) is 1.45. The van der Waals surface area contributed by atoms with Gasteiger partial charge in [0, 0.05) is 0 Å². The van der Waals surface area contributed by atoms with Crippen molar-refractivity contribution < 1.29 is 14.6 Å². The molecule has 0 heterocycles. The molecule has 1 aliphatic rings. The highest BCUT2D eigenvalue weighted by Gasteiger charge is 2.19. The second kappa shape index (κ2) is 4.45. The van der Waals surface area contributed by atoms with Crippen LogP contribution in [0.5, 0.6) is 0 Å². The lowest BCUT2D eigenvalue weighted by Gasteiger charge is -2.22. The van der Waals surface area contributed by atoms with Gasteiger partial charge in [-0.1, -0.05) is 6.42 Å². The number of carbonyl (C=O) groups is 1. The maximum absolute atomic E-state index is 10.9. The predicted molar refractivity (Wildman–Crippen MR) is 44.6 cm³/mol. The number of aliphatic hydroxyl groups excluding tert-OH is 1. The highest BCUT2D eigenvalue weighted by atomic mass is 16.6. The molecule has 70 valence electrons. The monoisotopic (exact) mass is 172 g/mol. The maximum Gasteiger partial charge on any atom is 0.334 e. The van der Waals surface area contributed by atoms with Gasteiger partial charge in [0.1, 0.15) is 12.2 Å². The predicted octanol–water partition coefficient (Wildman–Crippen LogP) is 1.24. The van der Waals surface area contributed by atoms with Gasteiger partial charge in [-0.05, 0) is 32.6 Å². The van der Waals surface area contributed by atoms with Crippen molar-refractivity contribution in [1.29, 1.82) is 0 Å². The first-order valence-corrected chi connectivity index (χ1v) is 4.58. The molecule has 12 heavy (non-hydrogen) atoms. The number of rotatable bonds is 2. The topological polar surface area (TPSA) is 46.5 Å². The van der Waals surface area contributed by atoms with Crippen molar-refractivity contribution in [1.82, 2.24) is 0 Å². The van der Waals surface area contributed by atoms with Gasteiger partial charge in [0.25, 0.3) is 0 Å². The fraction of sp³-hybridized carbons (Fsp3) is 0.889. The Balaban J connectivity index is 2.24. The van der Waals surface area contributed by atoms with Gasteiger partial charge >= 0.3 is 5.97 Å². The van der Waals surface area contributed by atoms with E-state index in [1.807, 2.05) is 0 Å². The van der Waals surface area contributed by atoms with Crippen molar-refractivity contribution in [2.75, 3.05) is 0 Å². The Morgan fingerprint density at radius 3 is 2.50 bits per heavy atom. The van der Waals surface area contributed by atoms with E-state index in [-0.39, 0.29) is 6.10 Å². The molecule has 0 bridgehead atoms. The average molecular weight is 172 g/mol. The summed E-state index contributed by atoms with van der Waals surface area (Å²) in [6.07, 6.45) is 4.50. The van der Waals surface area contributed by atoms with Crippen LogP contribution in [0.2, 0.25) is 0 Å². The summed E-state index contributed by atoms with van der Waals surface area (Å²) in [5.41, 5.74) is 0. The van der Waals surface area contributed by atoms with Crippen LogP contribution in [0.1, 0.15) is 39.0 Å². The Morgan fingerprint density at radius 1 is 1.42 bits per heavy atom. The zero-order valence-electron chi connectivity index (χ0n) is 7.45. The lowest BCUT2D eigenvalue weighted by molar-refractivity contribution is -0.159. The van der Waals surface area contributed by atoms with Gasteiger partial charge < -0.3 is 9.84 Å². The summed E-state index contributed by atoms with van der Waals surface area (Å²) in [4.78, 5) is 10.9. The molecule has 1 unspecified atom stereocenters. The minimum absolute atomic E-state index is 0.0563. The molecule has 1 aliphatic carbocycles. The summed E-state index contributed by atoms with van der Waals surface area (Å²) in [7, 11) is 0. The molecule has 1 fully saturated rings. The summed E-state index contributed by atoms with van der Waals surface area (Å²) in [6, 6.07) is 0. The number of hydrogen-bond donors (Lipinski definition) is 1. The molecule has 3 nitrogen and oxygen atoms in total. The highest BCUT2D eigenvalue weighted by molar-refractivity contribution is 5.73. The van der Waals surface area contributed by atoms with E-state index in [0.29, 0.717) is 0 Å². The van der Waals surface area contributed by atoms with Crippen molar-refractivity contribution in [3.8, 4) is 0 Å². The SMILES string of the molecule is CC(O)C(=O)OC1CCCCC1. The van der Waals surface area contributed by atoms with Crippen molar-refractivity contribution >= 4 is 5.97 Å². The molecule has 1 N–H and O–H groups in total. The maximum atomic E-state index is 10.9. The van der Waals surface area contributed by atoms with Crippen LogP contribution in [0, 0.1) is 0 Å². The third kappa shape index (κ3) is 2.81. The Kier molecular flexibility index (Phi) is 3.53. The smallest absolute Gasteiger partial charge is 0.334 e. The van der Waals surface area contributed by atoms with Crippen LogP contribution in [0.25, 0.3) is 0 Å². The van der Waals surface area contributed by atoms with E-state index in [1.54, 1.807) is 0 Å². The molecular formula is C9H16O3. The number of carbonyl (C=O) groups excluding carboxylic acids is 1. The van der Waals surface area contributed by atoms with Gasteiger partial charge in [0.2, 0.25) is 0 Å². The van der Waals surface area contributed by atoms with E-state index >= 15 is 0 Å². The van der Waals surface area contributed by atoms with Crippen LogP contribution < -0.4 is 0 Å². The molecule has 0 aromatic rings. The molecule has 0 spiro atoms. The molecule has 1 atom stereocenters. The first-order chi connectivity index (χ1) is 5.70. The van der Waals surface area contributed by atoms with E-state index < -0.39 is 12.1 Å². The Hall–Kier alpha value is -0.570. The standard InChI is InChI=1S/C9H16O3/c1-7(10)9(11)12-8-5-3-2-4-6-8/h7-8,10H,2-6H2,1H3. The molecular weight excluding hydrogens is 156 g/mol. The molecule has 0 aromatic heterocycles. The van der Waals surface area contributed by atoms with Crippen molar-refractivity contribution in [3.63, 3.8) is 0 Å². The summed E-state index contributed by atoms with van der Waals surface area (Å²) in [5, 5.41) is 8.88. The van der Waals surface area contributed by atoms with E-state index in [0.717, 1.165) is 25.7 Å². The van der Waals surface area contributed by atoms with Crippen molar-refractivity contribution in [2.24, 2.45) is 0 Å². The second-order valence-corrected chi connectivity index (χ2v) is 3.37.